The van der Waals surface area contributed by atoms with E-state index in [1.807, 2.05) is 45.0 Å². The standard InChI is InChI=1S/C17H25NO4/c1-5-20-17(19)18-9-11-21-15-6-7-16(14(4)12-15)22-10-8-13(2)3/h6-8,12H,5,9-11H2,1-4H3,(H,18,19). The Bertz CT molecular complexity index is 507. The van der Waals surface area contributed by atoms with Gasteiger partial charge in [-0.2, -0.15) is 0 Å². The van der Waals surface area contributed by atoms with Crippen LogP contribution in [0.5, 0.6) is 11.5 Å². The number of rotatable bonds is 8. The number of benzene rings is 1. The van der Waals surface area contributed by atoms with E-state index in [9.17, 15) is 4.79 Å². The summed E-state index contributed by atoms with van der Waals surface area (Å²) in [7, 11) is 0. The highest BCUT2D eigenvalue weighted by Crippen LogP contribution is 2.23. The summed E-state index contributed by atoms with van der Waals surface area (Å²) in [5.74, 6) is 1.59. The van der Waals surface area contributed by atoms with Crippen LogP contribution in [0.2, 0.25) is 0 Å². The van der Waals surface area contributed by atoms with E-state index in [1.54, 1.807) is 6.92 Å². The molecule has 5 nitrogen and oxygen atoms in total. The summed E-state index contributed by atoms with van der Waals surface area (Å²) in [5, 5.41) is 2.60. The van der Waals surface area contributed by atoms with E-state index in [0.717, 1.165) is 17.1 Å². The van der Waals surface area contributed by atoms with Gasteiger partial charge in [-0.3, -0.25) is 0 Å². The van der Waals surface area contributed by atoms with E-state index in [1.165, 1.54) is 5.57 Å². The molecule has 0 saturated carbocycles. The molecular formula is C17H25NO4. The largest absolute Gasteiger partial charge is 0.492 e. The van der Waals surface area contributed by atoms with Gasteiger partial charge in [0.15, 0.2) is 0 Å². The summed E-state index contributed by atoms with van der Waals surface area (Å²) in [4.78, 5) is 11.1. The fourth-order valence-corrected chi connectivity index (χ4v) is 1.68. The summed E-state index contributed by atoms with van der Waals surface area (Å²) < 4.78 is 16.0. The van der Waals surface area contributed by atoms with Crippen LogP contribution >= 0.6 is 0 Å². The Kier molecular flexibility index (Phi) is 7.89. The zero-order chi connectivity index (χ0) is 16.4. The van der Waals surface area contributed by atoms with Gasteiger partial charge >= 0.3 is 6.09 Å². The van der Waals surface area contributed by atoms with Gasteiger partial charge in [0.25, 0.3) is 0 Å². The lowest BCUT2D eigenvalue weighted by Gasteiger charge is -2.11. The summed E-state index contributed by atoms with van der Waals surface area (Å²) in [6, 6.07) is 5.67. The molecule has 1 aromatic carbocycles. The molecule has 1 aromatic rings. The first-order valence-electron chi connectivity index (χ1n) is 7.43. The molecule has 122 valence electrons. The molecule has 0 spiro atoms. The number of carbonyl (C=O) groups excluding carboxylic acids is 1. The zero-order valence-electron chi connectivity index (χ0n) is 13.8. The molecule has 1 N–H and O–H groups in total. The van der Waals surface area contributed by atoms with Crippen molar-refractivity contribution in [3.8, 4) is 11.5 Å². The molecule has 0 aliphatic heterocycles. The van der Waals surface area contributed by atoms with Crippen LogP contribution in [0.4, 0.5) is 4.79 Å². The lowest BCUT2D eigenvalue weighted by molar-refractivity contribution is 0.150. The maximum atomic E-state index is 11.1. The van der Waals surface area contributed by atoms with E-state index in [4.69, 9.17) is 14.2 Å². The predicted molar refractivity (Wildman–Crippen MR) is 86.6 cm³/mol. The van der Waals surface area contributed by atoms with Gasteiger partial charge < -0.3 is 19.5 Å². The molecule has 1 amide bonds. The summed E-state index contributed by atoms with van der Waals surface area (Å²) >= 11 is 0. The first-order chi connectivity index (χ1) is 10.5. The summed E-state index contributed by atoms with van der Waals surface area (Å²) in [5.41, 5.74) is 2.24. The van der Waals surface area contributed by atoms with Crippen LogP contribution in [0.1, 0.15) is 26.3 Å². The molecule has 0 bridgehead atoms. The van der Waals surface area contributed by atoms with E-state index in [-0.39, 0.29) is 0 Å². The minimum atomic E-state index is -0.426. The Morgan fingerprint density at radius 2 is 2.05 bits per heavy atom. The van der Waals surface area contributed by atoms with Gasteiger partial charge in [-0.15, -0.1) is 0 Å². The maximum Gasteiger partial charge on any atom is 0.407 e. The van der Waals surface area contributed by atoms with E-state index < -0.39 is 6.09 Å². The van der Waals surface area contributed by atoms with Crippen molar-refractivity contribution >= 4 is 6.09 Å². The average molecular weight is 307 g/mol. The van der Waals surface area contributed by atoms with Crippen LogP contribution < -0.4 is 14.8 Å². The normalized spacial score (nSPS) is 9.82. The average Bonchev–Trinajstić information content (AvgIpc) is 2.46. The van der Waals surface area contributed by atoms with Crippen molar-refractivity contribution in [3.63, 3.8) is 0 Å². The van der Waals surface area contributed by atoms with Gasteiger partial charge in [-0.05, 0) is 57.5 Å². The number of carbonyl (C=O) groups is 1. The lowest BCUT2D eigenvalue weighted by atomic mass is 10.2. The van der Waals surface area contributed by atoms with Gasteiger partial charge in [-0.1, -0.05) is 5.57 Å². The second kappa shape index (κ2) is 9.71. The predicted octanol–water partition coefficient (Wildman–Crippen LogP) is 3.46. The van der Waals surface area contributed by atoms with E-state index >= 15 is 0 Å². The molecule has 0 aliphatic carbocycles. The van der Waals surface area contributed by atoms with Crippen LogP contribution in [0.3, 0.4) is 0 Å². The topological polar surface area (TPSA) is 56.8 Å². The molecule has 0 radical (unpaired) electrons. The molecule has 0 aliphatic rings. The third-order valence-electron chi connectivity index (χ3n) is 2.79. The third-order valence-corrected chi connectivity index (χ3v) is 2.79. The molecule has 0 atom stereocenters. The Balaban J connectivity index is 2.38. The van der Waals surface area contributed by atoms with Crippen molar-refractivity contribution in [3.05, 3.63) is 35.4 Å². The SMILES string of the molecule is CCOC(=O)NCCOc1ccc(OCC=C(C)C)c(C)c1. The Morgan fingerprint density at radius 1 is 1.27 bits per heavy atom. The fourth-order valence-electron chi connectivity index (χ4n) is 1.68. The van der Waals surface area contributed by atoms with Crippen molar-refractivity contribution < 1.29 is 19.0 Å². The van der Waals surface area contributed by atoms with Gasteiger partial charge in [0, 0.05) is 0 Å². The second-order valence-electron chi connectivity index (χ2n) is 5.02. The summed E-state index contributed by atoms with van der Waals surface area (Å²) in [6.07, 6.45) is 1.61. The Hall–Kier alpha value is -2.17. The van der Waals surface area contributed by atoms with E-state index in [2.05, 4.69) is 5.32 Å². The summed E-state index contributed by atoms with van der Waals surface area (Å²) in [6.45, 7) is 9.52. The number of hydrogen-bond donors (Lipinski definition) is 1. The zero-order valence-corrected chi connectivity index (χ0v) is 13.8. The first kappa shape index (κ1) is 17.9. The van der Waals surface area contributed by atoms with Gasteiger partial charge in [0.05, 0.1) is 13.2 Å². The molecule has 0 heterocycles. The minimum Gasteiger partial charge on any atom is -0.492 e. The molecule has 5 heteroatoms. The lowest BCUT2D eigenvalue weighted by Crippen LogP contribution is -2.28. The number of hydrogen-bond acceptors (Lipinski definition) is 4. The Morgan fingerprint density at radius 3 is 2.68 bits per heavy atom. The number of allylic oxidation sites excluding steroid dienone is 1. The number of nitrogens with one attached hydrogen (secondary N) is 1. The molecule has 0 aromatic heterocycles. The number of ether oxygens (including phenoxy) is 3. The molecule has 0 fully saturated rings. The van der Waals surface area contributed by atoms with Crippen molar-refractivity contribution in [2.24, 2.45) is 0 Å². The van der Waals surface area contributed by atoms with Crippen molar-refractivity contribution in [2.45, 2.75) is 27.7 Å². The molecule has 22 heavy (non-hydrogen) atoms. The third kappa shape index (κ3) is 7.02. The quantitative estimate of drug-likeness (QED) is 0.590. The van der Waals surface area contributed by atoms with Crippen LogP contribution in [-0.4, -0.2) is 32.5 Å². The highest BCUT2D eigenvalue weighted by Gasteiger charge is 2.03. The van der Waals surface area contributed by atoms with Crippen LogP contribution in [0.25, 0.3) is 0 Å². The number of amides is 1. The monoisotopic (exact) mass is 307 g/mol. The first-order valence-corrected chi connectivity index (χ1v) is 7.43. The van der Waals surface area contributed by atoms with Gasteiger partial charge in [0.1, 0.15) is 24.7 Å². The molecular weight excluding hydrogens is 282 g/mol. The van der Waals surface area contributed by atoms with Crippen LogP contribution in [0, 0.1) is 6.92 Å². The smallest absolute Gasteiger partial charge is 0.407 e. The highest BCUT2D eigenvalue weighted by atomic mass is 16.5. The van der Waals surface area contributed by atoms with Crippen LogP contribution in [0.15, 0.2) is 29.8 Å². The van der Waals surface area contributed by atoms with E-state index in [0.29, 0.717) is 26.4 Å². The van der Waals surface area contributed by atoms with Crippen molar-refractivity contribution in [1.29, 1.82) is 0 Å². The number of alkyl carbamates (subject to hydrolysis) is 1. The van der Waals surface area contributed by atoms with Crippen molar-refractivity contribution in [1.82, 2.24) is 5.32 Å². The minimum absolute atomic E-state index is 0.361. The Labute approximate surface area is 132 Å². The van der Waals surface area contributed by atoms with Gasteiger partial charge in [0.2, 0.25) is 0 Å². The highest BCUT2D eigenvalue weighted by molar-refractivity contribution is 5.66. The molecule has 0 unspecified atom stereocenters. The number of aryl methyl sites for hydroxylation is 1. The maximum absolute atomic E-state index is 11.1. The second-order valence-corrected chi connectivity index (χ2v) is 5.02. The molecule has 0 saturated heterocycles. The molecule has 1 rings (SSSR count). The fraction of sp³-hybridized carbons (Fsp3) is 0.471. The van der Waals surface area contributed by atoms with Crippen LogP contribution in [-0.2, 0) is 4.74 Å². The van der Waals surface area contributed by atoms with Gasteiger partial charge in [-0.25, -0.2) is 4.79 Å². The van der Waals surface area contributed by atoms with Crippen molar-refractivity contribution in [2.75, 3.05) is 26.4 Å².